The molecule has 0 unspecified atom stereocenters. The molecule has 202 valence electrons. The molecule has 1 aromatic carbocycles. The summed E-state index contributed by atoms with van der Waals surface area (Å²) >= 11 is 0. The SMILES string of the molecule is CCN1CC(F)(F)C[C@H]1CNC(=O)Cc1ccc(-c2ccc3c(=O)c(C(=O)NC)c(N)n(CC)c3n2)cc1. The van der Waals surface area contributed by atoms with Crippen molar-refractivity contribution in [1.82, 2.24) is 25.1 Å². The number of anilines is 1. The van der Waals surface area contributed by atoms with Crippen molar-refractivity contribution < 1.29 is 18.4 Å². The van der Waals surface area contributed by atoms with E-state index in [-0.39, 0.29) is 49.3 Å². The number of likely N-dealkylation sites (N-methyl/N-ethyl adjacent to an activating group) is 1. The second-order valence-corrected chi connectivity index (χ2v) is 9.44. The number of carbonyl (C=O) groups excluding carboxylic acids is 2. The highest BCUT2D eigenvalue weighted by molar-refractivity contribution is 6.01. The summed E-state index contributed by atoms with van der Waals surface area (Å²) in [7, 11) is 1.44. The molecule has 4 rings (SSSR count). The Balaban J connectivity index is 1.50. The van der Waals surface area contributed by atoms with Gasteiger partial charge in [0.25, 0.3) is 11.8 Å². The predicted octanol–water partition coefficient (Wildman–Crippen LogP) is 2.41. The third-order valence-corrected chi connectivity index (χ3v) is 6.96. The zero-order valence-corrected chi connectivity index (χ0v) is 21.7. The average molecular weight is 527 g/mol. The molecule has 1 aliphatic rings. The Bertz CT molecular complexity index is 1420. The van der Waals surface area contributed by atoms with Gasteiger partial charge in [-0.25, -0.2) is 13.8 Å². The number of pyridine rings is 2. The zero-order chi connectivity index (χ0) is 27.6. The number of nitrogens with two attached hydrogens (primary N) is 1. The molecular formula is C27H32F2N6O3. The molecule has 0 spiro atoms. The van der Waals surface area contributed by atoms with Crippen LogP contribution in [0, 0.1) is 0 Å². The lowest BCUT2D eigenvalue weighted by atomic mass is 10.0. The van der Waals surface area contributed by atoms with Gasteiger partial charge < -0.3 is 20.9 Å². The van der Waals surface area contributed by atoms with Crippen LogP contribution in [0.2, 0.25) is 0 Å². The number of nitrogen functional groups attached to an aromatic ring is 1. The zero-order valence-electron chi connectivity index (χ0n) is 21.7. The fourth-order valence-corrected chi connectivity index (χ4v) is 4.97. The molecule has 0 aliphatic carbocycles. The Kier molecular flexibility index (Phi) is 7.77. The fourth-order valence-electron chi connectivity index (χ4n) is 4.97. The third kappa shape index (κ3) is 5.38. The minimum atomic E-state index is -2.72. The molecule has 9 nitrogen and oxygen atoms in total. The molecule has 0 radical (unpaired) electrons. The van der Waals surface area contributed by atoms with E-state index >= 15 is 0 Å². The van der Waals surface area contributed by atoms with Crippen molar-refractivity contribution in [3.63, 3.8) is 0 Å². The first-order chi connectivity index (χ1) is 18.1. The molecule has 0 saturated carbocycles. The maximum Gasteiger partial charge on any atom is 0.262 e. The molecule has 1 saturated heterocycles. The summed E-state index contributed by atoms with van der Waals surface area (Å²) in [5.74, 6) is -3.45. The van der Waals surface area contributed by atoms with Crippen LogP contribution in [0.5, 0.6) is 0 Å². The van der Waals surface area contributed by atoms with Gasteiger partial charge in [-0.05, 0) is 31.2 Å². The van der Waals surface area contributed by atoms with E-state index in [1.165, 1.54) is 7.05 Å². The molecule has 38 heavy (non-hydrogen) atoms. The van der Waals surface area contributed by atoms with Crippen LogP contribution in [0.1, 0.15) is 36.2 Å². The summed E-state index contributed by atoms with van der Waals surface area (Å²) in [6, 6.07) is 10.2. The first-order valence-electron chi connectivity index (χ1n) is 12.6. The summed E-state index contributed by atoms with van der Waals surface area (Å²) in [5.41, 5.74) is 8.09. The smallest absolute Gasteiger partial charge is 0.262 e. The maximum absolute atomic E-state index is 13.7. The number of nitrogens with one attached hydrogen (secondary N) is 2. The minimum Gasteiger partial charge on any atom is -0.384 e. The van der Waals surface area contributed by atoms with Crippen LogP contribution in [0.3, 0.4) is 0 Å². The summed E-state index contributed by atoms with van der Waals surface area (Å²) in [6.07, 6.45) is -0.131. The van der Waals surface area contributed by atoms with E-state index < -0.39 is 17.3 Å². The third-order valence-electron chi connectivity index (χ3n) is 6.96. The van der Waals surface area contributed by atoms with Crippen molar-refractivity contribution in [1.29, 1.82) is 0 Å². The van der Waals surface area contributed by atoms with Crippen LogP contribution in [-0.4, -0.2) is 64.9 Å². The number of fused-ring (bicyclic) bond motifs is 1. The monoisotopic (exact) mass is 526 g/mol. The molecule has 11 heteroatoms. The lowest BCUT2D eigenvalue weighted by Gasteiger charge is -2.21. The van der Waals surface area contributed by atoms with Gasteiger partial charge >= 0.3 is 0 Å². The summed E-state index contributed by atoms with van der Waals surface area (Å²) in [4.78, 5) is 44.0. The van der Waals surface area contributed by atoms with Crippen molar-refractivity contribution in [2.24, 2.45) is 0 Å². The Labute approximate surface area is 219 Å². The van der Waals surface area contributed by atoms with Crippen LogP contribution in [0.15, 0.2) is 41.2 Å². The predicted molar refractivity (Wildman–Crippen MR) is 142 cm³/mol. The minimum absolute atomic E-state index is 0.0544. The van der Waals surface area contributed by atoms with Crippen LogP contribution < -0.4 is 21.8 Å². The van der Waals surface area contributed by atoms with Crippen molar-refractivity contribution in [2.75, 3.05) is 32.4 Å². The number of hydrogen-bond donors (Lipinski definition) is 3. The Morgan fingerprint density at radius 3 is 2.47 bits per heavy atom. The summed E-state index contributed by atoms with van der Waals surface area (Å²) in [6.45, 7) is 4.51. The molecular weight excluding hydrogens is 494 g/mol. The quantitative estimate of drug-likeness (QED) is 0.414. The molecule has 4 N–H and O–H groups in total. The van der Waals surface area contributed by atoms with Crippen molar-refractivity contribution in [3.8, 4) is 11.3 Å². The first-order valence-corrected chi connectivity index (χ1v) is 12.6. The number of rotatable bonds is 8. The Morgan fingerprint density at radius 2 is 1.84 bits per heavy atom. The molecule has 0 bridgehead atoms. The van der Waals surface area contributed by atoms with Crippen LogP contribution in [0.4, 0.5) is 14.6 Å². The van der Waals surface area contributed by atoms with Crippen LogP contribution in [0.25, 0.3) is 22.3 Å². The van der Waals surface area contributed by atoms with Crippen molar-refractivity contribution >= 4 is 28.7 Å². The summed E-state index contributed by atoms with van der Waals surface area (Å²) < 4.78 is 29.1. The number of likely N-dealkylation sites (tertiary alicyclic amines) is 1. The van der Waals surface area contributed by atoms with Gasteiger partial charge in [0.1, 0.15) is 17.0 Å². The number of alkyl halides is 2. The van der Waals surface area contributed by atoms with Gasteiger partial charge in [-0.15, -0.1) is 0 Å². The van der Waals surface area contributed by atoms with Gasteiger partial charge in [0, 0.05) is 38.2 Å². The van der Waals surface area contributed by atoms with E-state index in [0.717, 1.165) is 11.1 Å². The van der Waals surface area contributed by atoms with Crippen LogP contribution in [-0.2, 0) is 17.8 Å². The molecule has 2 aromatic heterocycles. The van der Waals surface area contributed by atoms with Crippen molar-refractivity contribution in [3.05, 3.63) is 57.7 Å². The standard InChI is InChI=1S/C27H32F2N6O3/c1-4-34-15-27(28,29)13-18(34)14-32-21(36)12-16-6-8-17(9-7-16)20-11-10-19-23(37)22(26(38)31-3)24(30)35(5-2)25(19)33-20/h6-11,18H,4-5,12-15,30H2,1-3H3,(H,31,38)(H,32,36)/t18-/m0/s1. The first kappa shape index (κ1) is 27.2. The van der Waals surface area contributed by atoms with Gasteiger partial charge in [-0.3, -0.25) is 19.3 Å². The number of aryl methyl sites for hydroxylation is 1. The lowest BCUT2D eigenvalue weighted by Crippen LogP contribution is -2.40. The van der Waals surface area contributed by atoms with Crippen molar-refractivity contribution in [2.45, 2.75) is 45.2 Å². The van der Waals surface area contributed by atoms with Crippen LogP contribution >= 0.6 is 0 Å². The van der Waals surface area contributed by atoms with Gasteiger partial charge in [0.15, 0.2) is 0 Å². The normalized spacial score (nSPS) is 17.0. The van der Waals surface area contributed by atoms with E-state index in [9.17, 15) is 23.2 Å². The van der Waals surface area contributed by atoms with E-state index in [4.69, 9.17) is 5.73 Å². The molecule has 1 aliphatic heterocycles. The topological polar surface area (TPSA) is 122 Å². The van der Waals surface area contributed by atoms with Gasteiger partial charge in [-0.1, -0.05) is 31.2 Å². The number of aromatic nitrogens is 2. The molecule has 1 atom stereocenters. The van der Waals surface area contributed by atoms with Gasteiger partial charge in [0.2, 0.25) is 11.3 Å². The molecule has 3 heterocycles. The maximum atomic E-state index is 13.7. The number of nitrogens with zero attached hydrogens (tertiary/aromatic N) is 3. The number of halogens is 2. The van der Waals surface area contributed by atoms with E-state index in [2.05, 4.69) is 15.6 Å². The Hall–Kier alpha value is -3.86. The lowest BCUT2D eigenvalue weighted by molar-refractivity contribution is -0.120. The van der Waals surface area contributed by atoms with E-state index in [0.29, 0.717) is 29.8 Å². The fraction of sp³-hybridized carbons (Fsp3) is 0.407. The number of hydrogen-bond acceptors (Lipinski definition) is 6. The van der Waals surface area contributed by atoms with Gasteiger partial charge in [-0.2, -0.15) is 0 Å². The number of carbonyl (C=O) groups is 2. The van der Waals surface area contributed by atoms with E-state index in [1.807, 2.05) is 26.0 Å². The second-order valence-electron chi connectivity index (χ2n) is 9.44. The molecule has 1 fully saturated rings. The highest BCUT2D eigenvalue weighted by Crippen LogP contribution is 2.31. The number of benzene rings is 1. The van der Waals surface area contributed by atoms with E-state index in [1.54, 1.807) is 33.7 Å². The molecule has 3 aromatic rings. The second kappa shape index (κ2) is 10.9. The Morgan fingerprint density at radius 1 is 1.13 bits per heavy atom. The average Bonchev–Trinajstić information content (AvgIpc) is 3.21. The summed E-state index contributed by atoms with van der Waals surface area (Å²) in [5, 5.41) is 5.52. The highest BCUT2D eigenvalue weighted by atomic mass is 19.3. The highest BCUT2D eigenvalue weighted by Gasteiger charge is 2.44. The largest absolute Gasteiger partial charge is 0.384 e. The molecule has 2 amide bonds. The number of amides is 2. The van der Waals surface area contributed by atoms with Gasteiger partial charge in [0.05, 0.1) is 24.0 Å².